The second-order valence-electron chi connectivity index (χ2n) is 4.08. The number of ether oxygens (including phenoxy) is 1. The van der Waals surface area contributed by atoms with Gasteiger partial charge in [0.2, 0.25) is 5.88 Å². The number of halogens is 3. The Labute approximate surface area is 118 Å². The van der Waals surface area contributed by atoms with E-state index >= 15 is 0 Å². The lowest BCUT2D eigenvalue weighted by Crippen LogP contribution is -2.21. The summed E-state index contributed by atoms with van der Waals surface area (Å²) >= 11 is 0. The summed E-state index contributed by atoms with van der Waals surface area (Å²) in [5, 5.41) is 2.56. The van der Waals surface area contributed by atoms with E-state index in [0.717, 1.165) is 0 Å². The number of pyridine rings is 1. The third-order valence-corrected chi connectivity index (χ3v) is 2.42. The van der Waals surface area contributed by atoms with Crippen LogP contribution in [-0.4, -0.2) is 23.7 Å². The van der Waals surface area contributed by atoms with Crippen LogP contribution in [0, 0.1) is 0 Å². The molecule has 21 heavy (non-hydrogen) atoms. The number of para-hydroxylation sites is 1. The molecule has 0 spiro atoms. The molecule has 1 N–H and O–H groups in total. The number of benzene rings is 1. The smallest absolute Gasteiger partial charge is 0.422 e. The molecule has 1 aromatic carbocycles. The molecule has 1 amide bonds. The molecule has 0 aliphatic heterocycles. The first-order chi connectivity index (χ1) is 9.96. The van der Waals surface area contributed by atoms with Crippen molar-refractivity contribution in [1.29, 1.82) is 0 Å². The first kappa shape index (κ1) is 14.8. The maximum atomic E-state index is 12.2. The van der Waals surface area contributed by atoms with Gasteiger partial charge in [0.15, 0.2) is 6.61 Å². The van der Waals surface area contributed by atoms with E-state index in [1.165, 1.54) is 18.3 Å². The summed E-state index contributed by atoms with van der Waals surface area (Å²) in [6.07, 6.45) is -3.24. The number of nitrogens with one attached hydrogen (secondary N) is 1. The second-order valence-corrected chi connectivity index (χ2v) is 4.08. The van der Waals surface area contributed by atoms with Crippen molar-refractivity contribution in [2.45, 2.75) is 6.18 Å². The highest BCUT2D eigenvalue weighted by atomic mass is 19.4. The monoisotopic (exact) mass is 296 g/mol. The van der Waals surface area contributed by atoms with Gasteiger partial charge in [-0.25, -0.2) is 4.98 Å². The number of amides is 1. The maximum Gasteiger partial charge on any atom is 0.422 e. The summed E-state index contributed by atoms with van der Waals surface area (Å²) in [6, 6.07) is 11.3. The molecule has 1 aromatic heterocycles. The lowest BCUT2D eigenvalue weighted by atomic mass is 10.2. The van der Waals surface area contributed by atoms with Crippen LogP contribution in [0.3, 0.4) is 0 Å². The van der Waals surface area contributed by atoms with E-state index in [4.69, 9.17) is 0 Å². The van der Waals surface area contributed by atoms with Gasteiger partial charge in [0.25, 0.3) is 5.91 Å². The van der Waals surface area contributed by atoms with Crippen LogP contribution >= 0.6 is 0 Å². The zero-order chi connectivity index (χ0) is 15.3. The van der Waals surface area contributed by atoms with Gasteiger partial charge in [0, 0.05) is 11.9 Å². The minimum absolute atomic E-state index is 0.0643. The fraction of sp³-hybridized carbons (Fsp3) is 0.143. The highest BCUT2D eigenvalue weighted by molar-refractivity contribution is 6.05. The third-order valence-electron chi connectivity index (χ3n) is 2.42. The molecule has 0 atom stereocenters. The summed E-state index contributed by atoms with van der Waals surface area (Å²) in [4.78, 5) is 15.7. The lowest BCUT2D eigenvalue weighted by molar-refractivity contribution is -0.154. The van der Waals surface area contributed by atoms with Gasteiger partial charge in [-0.3, -0.25) is 4.79 Å². The third kappa shape index (κ3) is 4.48. The van der Waals surface area contributed by atoms with Gasteiger partial charge in [0.05, 0.1) is 0 Å². The van der Waals surface area contributed by atoms with Gasteiger partial charge in [0.1, 0.15) is 5.56 Å². The van der Waals surface area contributed by atoms with Crippen LogP contribution in [0.5, 0.6) is 5.88 Å². The molecule has 2 aromatic rings. The molecular weight excluding hydrogens is 285 g/mol. The van der Waals surface area contributed by atoms with Crippen molar-refractivity contribution in [1.82, 2.24) is 4.98 Å². The number of rotatable bonds is 4. The Bertz CT molecular complexity index is 615. The molecule has 0 saturated heterocycles. The van der Waals surface area contributed by atoms with E-state index in [1.807, 2.05) is 0 Å². The molecule has 0 aliphatic rings. The van der Waals surface area contributed by atoms with Gasteiger partial charge in [-0.2, -0.15) is 13.2 Å². The lowest BCUT2D eigenvalue weighted by Gasteiger charge is -2.12. The molecular formula is C14H11F3N2O2. The van der Waals surface area contributed by atoms with Crippen molar-refractivity contribution in [2.75, 3.05) is 11.9 Å². The Balaban J connectivity index is 2.14. The Morgan fingerprint density at radius 1 is 1.14 bits per heavy atom. The van der Waals surface area contributed by atoms with Crippen molar-refractivity contribution >= 4 is 11.6 Å². The minimum atomic E-state index is -4.50. The highest BCUT2D eigenvalue weighted by Gasteiger charge is 2.29. The zero-order valence-electron chi connectivity index (χ0n) is 10.7. The van der Waals surface area contributed by atoms with E-state index < -0.39 is 18.7 Å². The molecule has 2 rings (SSSR count). The summed E-state index contributed by atoms with van der Waals surface area (Å²) in [6.45, 7) is -1.50. The molecule has 0 radical (unpaired) electrons. The van der Waals surface area contributed by atoms with Crippen molar-refractivity contribution in [3.05, 3.63) is 54.2 Å². The molecule has 7 heteroatoms. The molecule has 110 valence electrons. The quantitative estimate of drug-likeness (QED) is 0.942. The molecule has 0 fully saturated rings. The van der Waals surface area contributed by atoms with Crippen LogP contribution in [0.4, 0.5) is 18.9 Å². The van der Waals surface area contributed by atoms with Gasteiger partial charge in [-0.1, -0.05) is 18.2 Å². The van der Waals surface area contributed by atoms with Gasteiger partial charge >= 0.3 is 6.18 Å². The fourth-order valence-corrected chi connectivity index (χ4v) is 1.55. The predicted molar refractivity (Wildman–Crippen MR) is 70.2 cm³/mol. The average molecular weight is 296 g/mol. The number of carbonyl (C=O) groups is 1. The standard InChI is InChI=1S/C14H11F3N2O2/c15-14(16,17)9-21-13-11(7-4-8-18-13)12(20)19-10-5-2-1-3-6-10/h1-8H,9H2,(H,19,20). The largest absolute Gasteiger partial charge is 0.467 e. The normalized spacial score (nSPS) is 11.0. The molecule has 4 nitrogen and oxygen atoms in total. The predicted octanol–water partition coefficient (Wildman–Crippen LogP) is 3.28. The van der Waals surface area contributed by atoms with Crippen molar-refractivity contribution in [3.63, 3.8) is 0 Å². The molecule has 0 aliphatic carbocycles. The first-order valence-corrected chi connectivity index (χ1v) is 5.97. The second kappa shape index (κ2) is 6.25. The SMILES string of the molecule is O=C(Nc1ccccc1)c1cccnc1OCC(F)(F)F. The van der Waals surface area contributed by atoms with Crippen LogP contribution in [0.1, 0.15) is 10.4 Å². The Morgan fingerprint density at radius 3 is 2.52 bits per heavy atom. The van der Waals surface area contributed by atoms with E-state index in [2.05, 4.69) is 15.0 Å². The molecule has 0 bridgehead atoms. The van der Waals surface area contributed by atoms with Gasteiger partial charge < -0.3 is 10.1 Å². The molecule has 0 saturated carbocycles. The number of nitrogens with zero attached hydrogens (tertiary/aromatic N) is 1. The number of hydrogen-bond acceptors (Lipinski definition) is 3. The van der Waals surface area contributed by atoms with Gasteiger partial charge in [-0.05, 0) is 24.3 Å². The summed E-state index contributed by atoms with van der Waals surface area (Å²) in [5.41, 5.74) is 0.457. The number of alkyl halides is 3. The van der Waals surface area contributed by atoms with Crippen LogP contribution in [0.2, 0.25) is 0 Å². The van der Waals surface area contributed by atoms with Crippen molar-refractivity contribution in [2.24, 2.45) is 0 Å². The number of carbonyl (C=O) groups excluding carboxylic acids is 1. The van der Waals surface area contributed by atoms with Crippen LogP contribution in [-0.2, 0) is 0 Å². The minimum Gasteiger partial charge on any atom is -0.467 e. The van der Waals surface area contributed by atoms with E-state index in [0.29, 0.717) is 5.69 Å². The summed E-state index contributed by atoms with van der Waals surface area (Å²) < 4.78 is 41.1. The van der Waals surface area contributed by atoms with E-state index in [9.17, 15) is 18.0 Å². The van der Waals surface area contributed by atoms with E-state index in [-0.39, 0.29) is 11.4 Å². The average Bonchev–Trinajstić information content (AvgIpc) is 2.46. The highest BCUT2D eigenvalue weighted by Crippen LogP contribution is 2.21. The van der Waals surface area contributed by atoms with Crippen molar-refractivity contribution < 1.29 is 22.7 Å². The first-order valence-electron chi connectivity index (χ1n) is 5.97. The Morgan fingerprint density at radius 2 is 1.86 bits per heavy atom. The Kier molecular flexibility index (Phi) is 4.42. The van der Waals surface area contributed by atoms with Gasteiger partial charge in [-0.15, -0.1) is 0 Å². The van der Waals surface area contributed by atoms with E-state index in [1.54, 1.807) is 30.3 Å². The zero-order valence-corrected chi connectivity index (χ0v) is 10.7. The van der Waals surface area contributed by atoms with Crippen LogP contribution in [0.15, 0.2) is 48.7 Å². The fourth-order valence-electron chi connectivity index (χ4n) is 1.55. The summed E-state index contributed by atoms with van der Waals surface area (Å²) in [7, 11) is 0. The maximum absolute atomic E-state index is 12.2. The number of hydrogen-bond donors (Lipinski definition) is 1. The molecule has 1 heterocycles. The topological polar surface area (TPSA) is 51.2 Å². The number of aromatic nitrogens is 1. The molecule has 0 unspecified atom stereocenters. The summed E-state index contributed by atoms with van der Waals surface area (Å²) in [5.74, 6) is -0.949. The Hall–Kier alpha value is -2.57. The van der Waals surface area contributed by atoms with Crippen LogP contribution < -0.4 is 10.1 Å². The number of anilines is 1. The van der Waals surface area contributed by atoms with Crippen molar-refractivity contribution in [3.8, 4) is 5.88 Å². The van der Waals surface area contributed by atoms with Crippen LogP contribution in [0.25, 0.3) is 0 Å².